The van der Waals surface area contributed by atoms with Crippen LogP contribution in [0.15, 0.2) is 30.3 Å². The summed E-state index contributed by atoms with van der Waals surface area (Å²) in [5.41, 5.74) is 1.93. The lowest BCUT2D eigenvalue weighted by atomic mass is 10.1. The number of benzene rings is 2. The smallest absolute Gasteiger partial charge is 0.203 e. The molecule has 0 bridgehead atoms. The molecule has 0 saturated carbocycles. The maximum Gasteiger partial charge on any atom is 0.203 e. The SMILES string of the molecule is COc1ccc(/C=C\c2cc(OC)c(OC)c(OC)c2)cc1OC(C)C. The molecule has 0 aromatic heterocycles. The average molecular weight is 358 g/mol. The van der Waals surface area contributed by atoms with Gasteiger partial charge < -0.3 is 23.7 Å². The van der Waals surface area contributed by atoms with Gasteiger partial charge in [0.2, 0.25) is 5.75 Å². The standard InChI is InChI=1S/C21H26O5/c1-14(2)26-18-11-15(9-10-17(18)22-3)7-8-16-12-19(23-4)21(25-6)20(13-16)24-5/h7-14H,1-6H3/b8-7-. The molecule has 2 rings (SSSR count). The lowest BCUT2D eigenvalue weighted by Gasteiger charge is -2.14. The van der Waals surface area contributed by atoms with Crippen LogP contribution < -0.4 is 23.7 Å². The minimum absolute atomic E-state index is 0.0678. The Bertz CT molecular complexity index is 740. The summed E-state index contributed by atoms with van der Waals surface area (Å²) in [6.45, 7) is 3.97. The molecule has 0 saturated heterocycles. The molecule has 2 aromatic carbocycles. The first kappa shape index (κ1) is 19.5. The fraction of sp³-hybridized carbons (Fsp3) is 0.333. The van der Waals surface area contributed by atoms with Crippen molar-refractivity contribution in [2.75, 3.05) is 28.4 Å². The van der Waals surface area contributed by atoms with Gasteiger partial charge in [-0.25, -0.2) is 0 Å². The lowest BCUT2D eigenvalue weighted by molar-refractivity contribution is 0.230. The summed E-state index contributed by atoms with van der Waals surface area (Å²) in [4.78, 5) is 0. The zero-order valence-electron chi connectivity index (χ0n) is 16.2. The number of methoxy groups -OCH3 is 4. The van der Waals surface area contributed by atoms with Gasteiger partial charge in [-0.1, -0.05) is 18.2 Å². The Morgan fingerprint density at radius 3 is 1.69 bits per heavy atom. The molecule has 26 heavy (non-hydrogen) atoms. The Morgan fingerprint density at radius 1 is 0.654 bits per heavy atom. The van der Waals surface area contributed by atoms with E-state index in [1.165, 1.54) is 0 Å². The zero-order chi connectivity index (χ0) is 19.1. The average Bonchev–Trinajstić information content (AvgIpc) is 2.65. The van der Waals surface area contributed by atoms with Crippen molar-refractivity contribution in [1.82, 2.24) is 0 Å². The Balaban J connectivity index is 2.34. The number of ether oxygens (including phenoxy) is 5. The predicted molar refractivity (Wildman–Crippen MR) is 104 cm³/mol. The third-order valence-electron chi connectivity index (χ3n) is 3.71. The number of hydrogen-bond donors (Lipinski definition) is 0. The fourth-order valence-electron chi connectivity index (χ4n) is 2.53. The van der Waals surface area contributed by atoms with Gasteiger partial charge >= 0.3 is 0 Å². The maximum absolute atomic E-state index is 5.82. The highest BCUT2D eigenvalue weighted by Gasteiger charge is 2.12. The van der Waals surface area contributed by atoms with Crippen molar-refractivity contribution in [1.29, 1.82) is 0 Å². The molecule has 140 valence electrons. The van der Waals surface area contributed by atoms with Crippen molar-refractivity contribution in [2.45, 2.75) is 20.0 Å². The summed E-state index contributed by atoms with van der Waals surface area (Å²) in [6.07, 6.45) is 4.04. The van der Waals surface area contributed by atoms with Crippen molar-refractivity contribution >= 4 is 12.2 Å². The molecular formula is C21H26O5. The zero-order valence-corrected chi connectivity index (χ0v) is 16.2. The molecule has 0 radical (unpaired) electrons. The van der Waals surface area contributed by atoms with Gasteiger partial charge in [0.25, 0.3) is 0 Å². The maximum atomic E-state index is 5.82. The van der Waals surface area contributed by atoms with Crippen molar-refractivity contribution in [3.63, 3.8) is 0 Å². The largest absolute Gasteiger partial charge is 0.493 e. The molecule has 0 heterocycles. The molecule has 0 aliphatic rings. The summed E-state index contributed by atoms with van der Waals surface area (Å²) in [6, 6.07) is 9.61. The Labute approximate surface area is 155 Å². The van der Waals surface area contributed by atoms with Gasteiger partial charge in [0.15, 0.2) is 23.0 Å². The van der Waals surface area contributed by atoms with E-state index >= 15 is 0 Å². The molecule has 0 aliphatic carbocycles. The van der Waals surface area contributed by atoms with E-state index in [1.54, 1.807) is 28.4 Å². The first-order chi connectivity index (χ1) is 12.5. The van der Waals surface area contributed by atoms with Crippen molar-refractivity contribution in [2.24, 2.45) is 0 Å². The number of hydrogen-bond acceptors (Lipinski definition) is 5. The van der Waals surface area contributed by atoms with Crippen LogP contribution in [0.1, 0.15) is 25.0 Å². The van der Waals surface area contributed by atoms with Gasteiger partial charge in [-0.15, -0.1) is 0 Å². The Hall–Kier alpha value is -2.82. The van der Waals surface area contributed by atoms with E-state index in [4.69, 9.17) is 23.7 Å². The molecule has 0 spiro atoms. The lowest BCUT2D eigenvalue weighted by Crippen LogP contribution is -2.06. The van der Waals surface area contributed by atoms with Crippen LogP contribution in [0.3, 0.4) is 0 Å². The summed E-state index contributed by atoms with van der Waals surface area (Å²) in [5.74, 6) is 3.23. The monoisotopic (exact) mass is 358 g/mol. The Morgan fingerprint density at radius 2 is 1.19 bits per heavy atom. The van der Waals surface area contributed by atoms with Crippen LogP contribution in [-0.4, -0.2) is 34.5 Å². The highest BCUT2D eigenvalue weighted by atomic mass is 16.5. The van der Waals surface area contributed by atoms with Gasteiger partial charge in [-0.05, 0) is 49.2 Å². The van der Waals surface area contributed by atoms with E-state index in [9.17, 15) is 0 Å². The van der Waals surface area contributed by atoms with Crippen LogP contribution in [0, 0.1) is 0 Å². The van der Waals surface area contributed by atoms with Gasteiger partial charge in [-0.2, -0.15) is 0 Å². The Kier molecular flexibility index (Phi) is 6.78. The first-order valence-electron chi connectivity index (χ1n) is 8.35. The van der Waals surface area contributed by atoms with Crippen LogP contribution in [0.2, 0.25) is 0 Å². The van der Waals surface area contributed by atoms with Gasteiger partial charge in [0.05, 0.1) is 34.5 Å². The second-order valence-corrected chi connectivity index (χ2v) is 5.87. The molecule has 5 heteroatoms. The van der Waals surface area contributed by atoms with Crippen LogP contribution >= 0.6 is 0 Å². The minimum Gasteiger partial charge on any atom is -0.493 e. The molecule has 0 atom stereocenters. The highest BCUT2D eigenvalue weighted by Crippen LogP contribution is 2.38. The van der Waals surface area contributed by atoms with Crippen LogP contribution in [0.4, 0.5) is 0 Å². The van der Waals surface area contributed by atoms with Crippen LogP contribution in [0.25, 0.3) is 12.2 Å². The summed E-state index contributed by atoms with van der Waals surface area (Å²) < 4.78 is 27.3. The molecule has 0 N–H and O–H groups in total. The number of rotatable bonds is 8. The molecular weight excluding hydrogens is 332 g/mol. The van der Waals surface area contributed by atoms with E-state index < -0.39 is 0 Å². The van der Waals surface area contributed by atoms with Crippen molar-refractivity contribution in [3.05, 3.63) is 41.5 Å². The normalized spacial score (nSPS) is 10.9. The molecule has 0 aliphatic heterocycles. The van der Waals surface area contributed by atoms with E-state index in [0.29, 0.717) is 23.0 Å². The first-order valence-corrected chi connectivity index (χ1v) is 8.35. The van der Waals surface area contributed by atoms with Crippen LogP contribution in [-0.2, 0) is 0 Å². The molecule has 2 aromatic rings. The second-order valence-electron chi connectivity index (χ2n) is 5.87. The predicted octanol–water partition coefficient (Wildman–Crippen LogP) is 4.68. The van der Waals surface area contributed by atoms with Gasteiger partial charge in [0.1, 0.15) is 0 Å². The summed E-state index contributed by atoms with van der Waals surface area (Å²) >= 11 is 0. The van der Waals surface area contributed by atoms with E-state index in [0.717, 1.165) is 16.9 Å². The summed E-state index contributed by atoms with van der Waals surface area (Å²) in [7, 11) is 6.42. The quantitative estimate of drug-likeness (QED) is 0.641. The van der Waals surface area contributed by atoms with Gasteiger partial charge in [-0.3, -0.25) is 0 Å². The fourth-order valence-corrected chi connectivity index (χ4v) is 2.53. The van der Waals surface area contributed by atoms with E-state index in [-0.39, 0.29) is 6.10 Å². The highest BCUT2D eigenvalue weighted by molar-refractivity contribution is 5.73. The molecule has 0 unspecified atom stereocenters. The van der Waals surface area contributed by atoms with Gasteiger partial charge in [0, 0.05) is 0 Å². The second kappa shape index (κ2) is 9.04. The molecule has 5 nitrogen and oxygen atoms in total. The molecule has 0 amide bonds. The van der Waals surface area contributed by atoms with Crippen LogP contribution in [0.5, 0.6) is 28.7 Å². The van der Waals surface area contributed by atoms with E-state index in [2.05, 4.69) is 0 Å². The third kappa shape index (κ3) is 4.63. The summed E-state index contributed by atoms with van der Waals surface area (Å²) in [5, 5.41) is 0. The third-order valence-corrected chi connectivity index (χ3v) is 3.71. The van der Waals surface area contributed by atoms with Crippen molar-refractivity contribution < 1.29 is 23.7 Å². The van der Waals surface area contributed by atoms with Crippen molar-refractivity contribution in [3.8, 4) is 28.7 Å². The minimum atomic E-state index is 0.0678. The topological polar surface area (TPSA) is 46.2 Å². The molecule has 0 fully saturated rings. The van der Waals surface area contributed by atoms with E-state index in [1.807, 2.05) is 56.3 Å².